The minimum absolute atomic E-state index is 0.0265. The lowest BCUT2D eigenvalue weighted by atomic mass is 10.1. The molecule has 5 heteroatoms. The molecule has 0 saturated heterocycles. The number of rotatable bonds is 11. The van der Waals surface area contributed by atoms with Crippen molar-refractivity contribution >= 4 is 11.8 Å². The van der Waals surface area contributed by atoms with Gasteiger partial charge in [-0.15, -0.1) is 0 Å². The number of hydrogen-bond acceptors (Lipinski definition) is 3. The van der Waals surface area contributed by atoms with Gasteiger partial charge in [-0.2, -0.15) is 0 Å². The van der Waals surface area contributed by atoms with Crippen LogP contribution in [-0.4, -0.2) is 36.3 Å². The Kier molecular flexibility index (Phi) is 8.46. The summed E-state index contributed by atoms with van der Waals surface area (Å²) in [6.45, 7) is 3.82. The summed E-state index contributed by atoms with van der Waals surface area (Å²) < 4.78 is 5.01. The zero-order valence-electron chi connectivity index (χ0n) is 15.4. The highest BCUT2D eigenvalue weighted by Crippen LogP contribution is 2.08. The third-order valence-corrected chi connectivity index (χ3v) is 4.27. The standard InChI is InChI=1S/C21H28N2O3/c1-2-3-7-14-23(21(25)19-12-16-26-17-19)15-11-20(24)22-13-10-18-8-5-4-6-9-18/h4-6,8-9,12,16-17H,2-3,7,10-11,13-15H2,1H3,(H,22,24). The van der Waals surface area contributed by atoms with E-state index in [1.807, 2.05) is 30.3 Å². The number of furan rings is 1. The first-order valence-electron chi connectivity index (χ1n) is 9.32. The Morgan fingerprint density at radius 2 is 1.88 bits per heavy atom. The van der Waals surface area contributed by atoms with Crippen LogP contribution in [-0.2, 0) is 11.2 Å². The fourth-order valence-electron chi connectivity index (χ4n) is 2.75. The largest absolute Gasteiger partial charge is 0.472 e. The predicted molar refractivity (Wildman–Crippen MR) is 102 cm³/mol. The van der Waals surface area contributed by atoms with Crippen molar-refractivity contribution in [2.75, 3.05) is 19.6 Å². The Bertz CT molecular complexity index is 653. The monoisotopic (exact) mass is 356 g/mol. The van der Waals surface area contributed by atoms with E-state index in [1.165, 1.54) is 18.1 Å². The smallest absolute Gasteiger partial charge is 0.257 e. The third-order valence-electron chi connectivity index (χ3n) is 4.27. The van der Waals surface area contributed by atoms with E-state index in [4.69, 9.17) is 4.42 Å². The molecule has 1 heterocycles. The molecule has 0 saturated carbocycles. The van der Waals surface area contributed by atoms with Gasteiger partial charge in [0.2, 0.25) is 5.91 Å². The molecule has 140 valence electrons. The summed E-state index contributed by atoms with van der Waals surface area (Å²) in [5.74, 6) is -0.103. The molecule has 2 rings (SSSR count). The van der Waals surface area contributed by atoms with Crippen LogP contribution in [0.2, 0.25) is 0 Å². The van der Waals surface area contributed by atoms with Crippen molar-refractivity contribution in [1.82, 2.24) is 10.2 Å². The normalized spacial score (nSPS) is 10.5. The van der Waals surface area contributed by atoms with Crippen LogP contribution in [0.15, 0.2) is 53.3 Å². The zero-order valence-corrected chi connectivity index (χ0v) is 15.4. The number of carbonyl (C=O) groups excluding carboxylic acids is 2. The first-order valence-corrected chi connectivity index (χ1v) is 9.32. The van der Waals surface area contributed by atoms with E-state index >= 15 is 0 Å². The highest BCUT2D eigenvalue weighted by molar-refractivity contribution is 5.94. The van der Waals surface area contributed by atoms with Gasteiger partial charge in [-0.25, -0.2) is 0 Å². The Labute approximate surface area is 155 Å². The van der Waals surface area contributed by atoms with Crippen LogP contribution < -0.4 is 5.32 Å². The number of nitrogens with one attached hydrogen (secondary N) is 1. The summed E-state index contributed by atoms with van der Waals surface area (Å²) in [5.41, 5.74) is 1.73. The van der Waals surface area contributed by atoms with Crippen LogP contribution in [0.1, 0.15) is 48.5 Å². The van der Waals surface area contributed by atoms with E-state index in [0.29, 0.717) is 31.6 Å². The van der Waals surface area contributed by atoms with E-state index in [9.17, 15) is 9.59 Å². The van der Waals surface area contributed by atoms with Gasteiger partial charge in [-0.3, -0.25) is 9.59 Å². The Morgan fingerprint density at radius 1 is 1.08 bits per heavy atom. The van der Waals surface area contributed by atoms with E-state index < -0.39 is 0 Å². The van der Waals surface area contributed by atoms with Crippen LogP contribution in [0.25, 0.3) is 0 Å². The maximum atomic E-state index is 12.5. The number of carbonyl (C=O) groups is 2. The molecule has 1 N–H and O–H groups in total. The van der Waals surface area contributed by atoms with Crippen LogP contribution in [0.5, 0.6) is 0 Å². The lowest BCUT2D eigenvalue weighted by molar-refractivity contribution is -0.121. The van der Waals surface area contributed by atoms with Gasteiger partial charge in [-0.05, 0) is 24.5 Å². The lowest BCUT2D eigenvalue weighted by Gasteiger charge is -2.22. The van der Waals surface area contributed by atoms with Gasteiger partial charge in [-0.1, -0.05) is 50.1 Å². The zero-order chi connectivity index (χ0) is 18.6. The van der Waals surface area contributed by atoms with Crippen molar-refractivity contribution in [3.8, 4) is 0 Å². The molecule has 2 amide bonds. The van der Waals surface area contributed by atoms with E-state index in [0.717, 1.165) is 25.7 Å². The number of nitrogens with zero attached hydrogens (tertiary/aromatic N) is 1. The summed E-state index contributed by atoms with van der Waals surface area (Å²) in [7, 11) is 0. The van der Waals surface area contributed by atoms with Crippen molar-refractivity contribution in [1.29, 1.82) is 0 Å². The highest BCUT2D eigenvalue weighted by atomic mass is 16.3. The van der Waals surface area contributed by atoms with Crippen molar-refractivity contribution in [2.45, 2.75) is 39.0 Å². The molecular formula is C21H28N2O3. The average Bonchev–Trinajstić information content (AvgIpc) is 3.19. The van der Waals surface area contributed by atoms with Gasteiger partial charge in [0, 0.05) is 26.1 Å². The first-order chi connectivity index (χ1) is 12.7. The predicted octanol–water partition coefficient (Wildman–Crippen LogP) is 3.66. The maximum absolute atomic E-state index is 12.5. The van der Waals surface area contributed by atoms with Crippen molar-refractivity contribution in [3.63, 3.8) is 0 Å². The number of hydrogen-bond donors (Lipinski definition) is 1. The first kappa shape index (κ1) is 19.8. The Morgan fingerprint density at radius 3 is 2.58 bits per heavy atom. The van der Waals surface area contributed by atoms with Crippen molar-refractivity contribution < 1.29 is 14.0 Å². The molecular weight excluding hydrogens is 328 g/mol. The molecule has 0 spiro atoms. The van der Waals surface area contributed by atoms with Crippen LogP contribution in [0, 0.1) is 0 Å². The van der Waals surface area contributed by atoms with Crippen LogP contribution in [0.4, 0.5) is 0 Å². The van der Waals surface area contributed by atoms with Crippen LogP contribution in [0.3, 0.4) is 0 Å². The molecule has 0 unspecified atom stereocenters. The molecule has 2 aromatic rings. The maximum Gasteiger partial charge on any atom is 0.257 e. The SMILES string of the molecule is CCCCCN(CCC(=O)NCCc1ccccc1)C(=O)c1ccoc1. The minimum atomic E-state index is -0.0769. The molecule has 0 aliphatic carbocycles. The average molecular weight is 356 g/mol. The fourth-order valence-corrected chi connectivity index (χ4v) is 2.75. The summed E-state index contributed by atoms with van der Waals surface area (Å²) in [6.07, 6.45) is 7.16. The summed E-state index contributed by atoms with van der Waals surface area (Å²) >= 11 is 0. The Balaban J connectivity index is 1.77. The Hall–Kier alpha value is -2.56. The lowest BCUT2D eigenvalue weighted by Crippen LogP contribution is -2.36. The number of amides is 2. The number of benzene rings is 1. The molecule has 0 aliphatic rings. The van der Waals surface area contributed by atoms with Crippen molar-refractivity contribution in [2.24, 2.45) is 0 Å². The summed E-state index contributed by atoms with van der Waals surface area (Å²) in [6, 6.07) is 11.7. The van der Waals surface area contributed by atoms with Gasteiger partial charge < -0.3 is 14.6 Å². The highest BCUT2D eigenvalue weighted by Gasteiger charge is 2.17. The molecule has 5 nitrogen and oxygen atoms in total. The second kappa shape index (κ2) is 11.1. The molecule has 0 fully saturated rings. The van der Waals surface area contributed by atoms with Gasteiger partial charge in [0.25, 0.3) is 5.91 Å². The van der Waals surface area contributed by atoms with Crippen LogP contribution >= 0.6 is 0 Å². The van der Waals surface area contributed by atoms with E-state index in [2.05, 4.69) is 12.2 Å². The van der Waals surface area contributed by atoms with Gasteiger partial charge in [0.1, 0.15) is 6.26 Å². The van der Waals surface area contributed by atoms with E-state index in [-0.39, 0.29) is 11.8 Å². The molecule has 26 heavy (non-hydrogen) atoms. The molecule has 0 bridgehead atoms. The second-order valence-corrected chi connectivity index (χ2v) is 6.35. The van der Waals surface area contributed by atoms with Gasteiger partial charge >= 0.3 is 0 Å². The van der Waals surface area contributed by atoms with Gasteiger partial charge in [0.05, 0.1) is 11.8 Å². The molecule has 1 aromatic heterocycles. The fraction of sp³-hybridized carbons (Fsp3) is 0.429. The summed E-state index contributed by atoms with van der Waals surface area (Å²) in [5, 5.41) is 2.93. The molecule has 1 aromatic carbocycles. The van der Waals surface area contributed by atoms with Gasteiger partial charge in [0.15, 0.2) is 0 Å². The topological polar surface area (TPSA) is 62.6 Å². The summed E-state index contributed by atoms with van der Waals surface area (Å²) in [4.78, 5) is 26.4. The molecule has 0 radical (unpaired) electrons. The minimum Gasteiger partial charge on any atom is -0.472 e. The van der Waals surface area contributed by atoms with E-state index in [1.54, 1.807) is 11.0 Å². The molecule has 0 atom stereocenters. The number of unbranched alkanes of at least 4 members (excludes halogenated alkanes) is 2. The quantitative estimate of drug-likeness (QED) is 0.625. The molecule has 0 aliphatic heterocycles. The second-order valence-electron chi connectivity index (χ2n) is 6.35. The third kappa shape index (κ3) is 6.75. The van der Waals surface area contributed by atoms with Crippen molar-refractivity contribution in [3.05, 3.63) is 60.1 Å².